The number of nitrogens with two attached hydrogens (primary N) is 1. The van der Waals surface area contributed by atoms with E-state index in [0.29, 0.717) is 19.0 Å². The maximum absolute atomic E-state index is 11.3. The van der Waals surface area contributed by atoms with Gasteiger partial charge in [-0.3, -0.25) is 4.99 Å². The third-order valence-corrected chi connectivity index (χ3v) is 5.98. The molecule has 2 aromatic rings. The molecule has 7 nitrogen and oxygen atoms in total. The molecule has 25 heavy (non-hydrogen) atoms. The monoisotopic (exact) mass is 382 g/mol. The molecular formula is C16H22N4O3S2. The highest BCUT2D eigenvalue weighted by atomic mass is 32.2. The van der Waals surface area contributed by atoms with Gasteiger partial charge in [-0.1, -0.05) is 12.1 Å². The van der Waals surface area contributed by atoms with Gasteiger partial charge >= 0.3 is 0 Å². The Morgan fingerprint density at radius 2 is 1.96 bits per heavy atom. The van der Waals surface area contributed by atoms with Crippen molar-refractivity contribution in [2.24, 2.45) is 10.1 Å². The molecule has 4 N–H and O–H groups in total. The molecule has 0 radical (unpaired) electrons. The molecular weight excluding hydrogens is 360 g/mol. The van der Waals surface area contributed by atoms with Crippen LogP contribution in [0.2, 0.25) is 0 Å². The van der Waals surface area contributed by atoms with Crippen LogP contribution in [0.3, 0.4) is 0 Å². The van der Waals surface area contributed by atoms with Crippen LogP contribution in [0, 0.1) is 6.92 Å². The average molecular weight is 383 g/mol. The summed E-state index contributed by atoms with van der Waals surface area (Å²) < 4.78 is 28.1. The minimum absolute atomic E-state index is 0.150. The van der Waals surface area contributed by atoms with Gasteiger partial charge in [-0.15, -0.1) is 11.3 Å². The summed E-state index contributed by atoms with van der Waals surface area (Å²) in [6.07, 6.45) is 0. The van der Waals surface area contributed by atoms with Crippen molar-refractivity contribution in [1.29, 1.82) is 0 Å². The van der Waals surface area contributed by atoms with Gasteiger partial charge in [-0.2, -0.15) is 0 Å². The van der Waals surface area contributed by atoms with E-state index in [2.05, 4.69) is 15.6 Å². The van der Waals surface area contributed by atoms with E-state index in [1.807, 2.05) is 25.1 Å². The van der Waals surface area contributed by atoms with Crippen LogP contribution in [0.1, 0.15) is 16.0 Å². The summed E-state index contributed by atoms with van der Waals surface area (Å²) in [4.78, 5) is 5.01. The molecule has 0 fully saturated rings. The third-order valence-electron chi connectivity index (χ3n) is 3.46. The minimum atomic E-state index is -3.65. The predicted molar refractivity (Wildman–Crippen MR) is 100 cm³/mol. The maximum Gasteiger partial charge on any atom is 0.247 e. The normalized spacial score (nSPS) is 12.1. The van der Waals surface area contributed by atoms with Crippen molar-refractivity contribution in [1.82, 2.24) is 10.6 Å². The summed E-state index contributed by atoms with van der Waals surface area (Å²) >= 11 is 1.14. The van der Waals surface area contributed by atoms with E-state index in [9.17, 15) is 8.42 Å². The highest BCUT2D eigenvalue weighted by Gasteiger charge is 2.11. The van der Waals surface area contributed by atoms with E-state index in [0.717, 1.165) is 33.1 Å². The fraction of sp³-hybridized carbons (Fsp3) is 0.312. The number of aliphatic imine (C=N–C) groups is 1. The number of hydrogen-bond donors (Lipinski definition) is 3. The van der Waals surface area contributed by atoms with E-state index < -0.39 is 10.0 Å². The third kappa shape index (κ3) is 5.45. The van der Waals surface area contributed by atoms with Crippen LogP contribution in [0.4, 0.5) is 0 Å². The number of ether oxygens (including phenoxy) is 1. The molecule has 0 aliphatic carbocycles. The number of rotatable bonds is 6. The van der Waals surface area contributed by atoms with Gasteiger partial charge in [-0.05, 0) is 30.7 Å². The first kappa shape index (κ1) is 19.2. The molecule has 0 spiro atoms. The van der Waals surface area contributed by atoms with Crippen molar-refractivity contribution in [2.45, 2.75) is 24.2 Å². The number of aryl methyl sites for hydroxylation is 1. The summed E-state index contributed by atoms with van der Waals surface area (Å²) in [6, 6.07) is 9.24. The molecule has 2 rings (SSSR count). The molecule has 1 aromatic heterocycles. The Hall–Kier alpha value is -2.10. The second-order valence-electron chi connectivity index (χ2n) is 5.36. The summed E-state index contributed by atoms with van der Waals surface area (Å²) in [5.74, 6) is 1.42. The molecule has 0 saturated heterocycles. The molecule has 9 heteroatoms. The molecule has 136 valence electrons. The van der Waals surface area contributed by atoms with E-state index >= 15 is 0 Å². The fourth-order valence-electron chi connectivity index (χ4n) is 2.17. The topological polar surface area (TPSA) is 106 Å². The highest BCUT2D eigenvalue weighted by molar-refractivity contribution is 7.91. The largest absolute Gasteiger partial charge is 0.496 e. The zero-order valence-electron chi connectivity index (χ0n) is 14.4. The highest BCUT2D eigenvalue weighted by Crippen LogP contribution is 2.20. The number of nitrogens with one attached hydrogen (secondary N) is 2. The van der Waals surface area contributed by atoms with Gasteiger partial charge in [0.25, 0.3) is 0 Å². The Morgan fingerprint density at radius 3 is 2.56 bits per heavy atom. The van der Waals surface area contributed by atoms with Gasteiger partial charge in [-0.25, -0.2) is 13.6 Å². The van der Waals surface area contributed by atoms with E-state index in [1.165, 1.54) is 6.07 Å². The summed E-state index contributed by atoms with van der Waals surface area (Å²) in [5, 5.41) is 11.5. The van der Waals surface area contributed by atoms with Crippen LogP contribution >= 0.6 is 11.3 Å². The lowest BCUT2D eigenvalue weighted by Crippen LogP contribution is -2.36. The van der Waals surface area contributed by atoms with Crippen LogP contribution in [-0.4, -0.2) is 28.5 Å². The zero-order valence-corrected chi connectivity index (χ0v) is 16.0. The Kier molecular flexibility index (Phi) is 6.40. The number of thiophene rings is 1. The number of guanidine groups is 1. The van der Waals surface area contributed by atoms with Crippen molar-refractivity contribution in [2.75, 3.05) is 14.2 Å². The second kappa shape index (κ2) is 8.32. The smallest absolute Gasteiger partial charge is 0.247 e. The molecule has 0 bridgehead atoms. The number of sulfonamides is 1. The lowest BCUT2D eigenvalue weighted by Gasteiger charge is -2.13. The van der Waals surface area contributed by atoms with Crippen LogP contribution in [-0.2, 0) is 23.1 Å². The van der Waals surface area contributed by atoms with Gasteiger partial charge < -0.3 is 15.4 Å². The van der Waals surface area contributed by atoms with Crippen LogP contribution < -0.4 is 20.5 Å². The lowest BCUT2D eigenvalue weighted by atomic mass is 10.1. The van der Waals surface area contributed by atoms with Crippen LogP contribution in [0.5, 0.6) is 5.75 Å². The minimum Gasteiger partial charge on any atom is -0.496 e. The molecule has 1 heterocycles. The quantitative estimate of drug-likeness (QED) is 0.519. The predicted octanol–water partition coefficient (Wildman–Crippen LogP) is 1.58. The second-order valence-corrected chi connectivity index (χ2v) is 8.32. The Morgan fingerprint density at radius 1 is 1.24 bits per heavy atom. The van der Waals surface area contributed by atoms with Crippen molar-refractivity contribution >= 4 is 27.3 Å². The fourth-order valence-corrected chi connectivity index (χ4v) is 3.89. The number of nitrogens with zero attached hydrogens (tertiary/aromatic N) is 1. The van der Waals surface area contributed by atoms with Crippen molar-refractivity contribution in [3.8, 4) is 5.75 Å². The zero-order chi connectivity index (χ0) is 18.4. The van der Waals surface area contributed by atoms with Crippen molar-refractivity contribution < 1.29 is 13.2 Å². The van der Waals surface area contributed by atoms with Crippen molar-refractivity contribution in [3.63, 3.8) is 0 Å². The van der Waals surface area contributed by atoms with E-state index in [1.54, 1.807) is 20.2 Å². The number of primary sulfonamides is 1. The van der Waals surface area contributed by atoms with E-state index in [4.69, 9.17) is 9.88 Å². The number of hydrogen-bond acceptors (Lipinski definition) is 5. The average Bonchev–Trinajstić information content (AvgIpc) is 3.05. The Bertz CT molecular complexity index is 860. The number of benzene rings is 1. The summed E-state index contributed by atoms with van der Waals surface area (Å²) in [6.45, 7) is 3.01. The molecule has 0 atom stereocenters. The van der Waals surface area contributed by atoms with Crippen LogP contribution in [0.15, 0.2) is 39.5 Å². The molecule has 0 aliphatic rings. The lowest BCUT2D eigenvalue weighted by molar-refractivity contribution is 0.408. The standard InChI is InChI=1S/C16H22N4O3S2/c1-11-4-5-12(14(8-11)23-3)9-19-16(18-2)20-10-13-6-7-15(24-13)25(17,21)22/h4-8H,9-10H2,1-3H3,(H2,17,21,22)(H2,18,19,20). The van der Waals surface area contributed by atoms with Crippen LogP contribution in [0.25, 0.3) is 0 Å². The van der Waals surface area contributed by atoms with E-state index in [-0.39, 0.29) is 4.21 Å². The molecule has 0 aliphatic heterocycles. The van der Waals surface area contributed by atoms with Gasteiger partial charge in [0.2, 0.25) is 10.0 Å². The first-order chi connectivity index (χ1) is 11.8. The van der Waals surface area contributed by atoms with Gasteiger partial charge in [0.05, 0.1) is 13.7 Å². The Balaban J connectivity index is 1.94. The Labute approximate surface area is 152 Å². The molecule has 1 aromatic carbocycles. The van der Waals surface area contributed by atoms with Crippen molar-refractivity contribution in [3.05, 3.63) is 46.3 Å². The summed E-state index contributed by atoms with van der Waals surface area (Å²) in [5.41, 5.74) is 2.15. The molecule has 0 amide bonds. The first-order valence-corrected chi connectivity index (χ1v) is 9.89. The van der Waals surface area contributed by atoms with Gasteiger partial charge in [0.15, 0.2) is 5.96 Å². The van der Waals surface area contributed by atoms with Gasteiger partial charge in [0, 0.05) is 24.0 Å². The number of methoxy groups -OCH3 is 1. The first-order valence-electron chi connectivity index (χ1n) is 7.53. The summed E-state index contributed by atoms with van der Waals surface area (Å²) in [7, 11) is -0.336. The molecule has 0 unspecified atom stereocenters. The SMILES string of the molecule is CN=C(NCc1ccc(S(N)(=O)=O)s1)NCc1ccc(C)cc1OC. The van der Waals surface area contributed by atoms with Gasteiger partial charge in [0.1, 0.15) is 9.96 Å². The molecule has 0 saturated carbocycles. The maximum atomic E-state index is 11.3.